The average molecular weight is 360 g/mol. The SMILES string of the molecule is Cc1ccc(NC2NNNC2C(=O)NCc2ccc(Cl)cc2)cc1C. The quantitative estimate of drug-likeness (QED) is 0.564. The Kier molecular flexibility index (Phi) is 5.55. The number of hydrogen-bond donors (Lipinski definition) is 5. The molecule has 0 radical (unpaired) electrons. The van der Waals surface area contributed by atoms with Crippen LogP contribution >= 0.6 is 11.6 Å². The number of hydrogen-bond acceptors (Lipinski definition) is 5. The summed E-state index contributed by atoms with van der Waals surface area (Å²) in [7, 11) is 0. The molecule has 6 nitrogen and oxygen atoms in total. The molecular formula is C18H22ClN5O. The van der Waals surface area contributed by atoms with E-state index in [0.29, 0.717) is 11.6 Å². The summed E-state index contributed by atoms with van der Waals surface area (Å²) in [6.07, 6.45) is -0.271. The lowest BCUT2D eigenvalue weighted by Gasteiger charge is -2.20. The molecule has 3 rings (SSSR count). The number of carbonyl (C=O) groups excluding carboxylic acids is 1. The van der Waals surface area contributed by atoms with E-state index in [1.807, 2.05) is 30.3 Å². The molecule has 1 amide bonds. The van der Waals surface area contributed by atoms with Crippen molar-refractivity contribution < 1.29 is 4.79 Å². The van der Waals surface area contributed by atoms with Crippen molar-refractivity contribution in [2.45, 2.75) is 32.6 Å². The van der Waals surface area contributed by atoms with Gasteiger partial charge in [-0.15, -0.1) is 0 Å². The van der Waals surface area contributed by atoms with E-state index in [1.54, 1.807) is 0 Å². The highest BCUT2D eigenvalue weighted by atomic mass is 35.5. The Morgan fingerprint density at radius 1 is 1.08 bits per heavy atom. The van der Waals surface area contributed by atoms with Crippen molar-refractivity contribution in [1.82, 2.24) is 21.7 Å². The van der Waals surface area contributed by atoms with Gasteiger partial charge in [-0.1, -0.05) is 29.8 Å². The van der Waals surface area contributed by atoms with Gasteiger partial charge in [0.25, 0.3) is 0 Å². The molecular weight excluding hydrogens is 338 g/mol. The predicted octanol–water partition coefficient (Wildman–Crippen LogP) is 1.99. The molecule has 1 heterocycles. The third-order valence-electron chi connectivity index (χ3n) is 4.28. The minimum absolute atomic E-state index is 0.103. The van der Waals surface area contributed by atoms with Gasteiger partial charge in [0.1, 0.15) is 12.2 Å². The number of anilines is 1. The van der Waals surface area contributed by atoms with Gasteiger partial charge in [0.15, 0.2) is 0 Å². The van der Waals surface area contributed by atoms with Gasteiger partial charge in [0.2, 0.25) is 5.91 Å². The lowest BCUT2D eigenvalue weighted by Crippen LogP contribution is -2.50. The third kappa shape index (κ3) is 4.49. The average Bonchev–Trinajstić information content (AvgIpc) is 3.05. The highest BCUT2D eigenvalue weighted by Crippen LogP contribution is 2.16. The van der Waals surface area contributed by atoms with Gasteiger partial charge in [-0.05, 0) is 54.8 Å². The van der Waals surface area contributed by atoms with Crippen molar-refractivity contribution in [2.24, 2.45) is 0 Å². The van der Waals surface area contributed by atoms with E-state index in [4.69, 9.17) is 11.6 Å². The molecule has 1 aliphatic heterocycles. The van der Waals surface area contributed by atoms with E-state index >= 15 is 0 Å². The number of hydrazine groups is 2. The topological polar surface area (TPSA) is 77.2 Å². The van der Waals surface area contributed by atoms with Gasteiger partial charge in [-0.3, -0.25) is 4.79 Å². The van der Waals surface area contributed by atoms with Crippen molar-refractivity contribution in [3.05, 3.63) is 64.2 Å². The number of halogens is 1. The standard InChI is InChI=1S/C18H22ClN5O/c1-11-3-8-15(9-12(11)2)21-17-16(22-24-23-17)18(25)20-10-13-4-6-14(19)7-5-13/h3-9,16-17,21-24H,10H2,1-2H3,(H,20,25). The summed E-state index contributed by atoms with van der Waals surface area (Å²) in [6.45, 7) is 4.59. The summed E-state index contributed by atoms with van der Waals surface area (Å²) >= 11 is 5.87. The summed E-state index contributed by atoms with van der Waals surface area (Å²) in [5.41, 5.74) is 13.2. The van der Waals surface area contributed by atoms with Crippen LogP contribution in [-0.4, -0.2) is 18.1 Å². The first kappa shape index (κ1) is 17.7. The normalized spacial score (nSPS) is 19.6. The lowest BCUT2D eigenvalue weighted by atomic mass is 10.1. The smallest absolute Gasteiger partial charge is 0.242 e. The monoisotopic (exact) mass is 359 g/mol. The molecule has 0 bridgehead atoms. The van der Waals surface area contributed by atoms with E-state index < -0.39 is 6.04 Å². The first-order chi connectivity index (χ1) is 12.0. The van der Waals surface area contributed by atoms with Crippen LogP contribution in [0.15, 0.2) is 42.5 Å². The number of nitrogens with one attached hydrogen (secondary N) is 5. The molecule has 1 fully saturated rings. The van der Waals surface area contributed by atoms with Crippen LogP contribution < -0.4 is 27.0 Å². The zero-order valence-electron chi connectivity index (χ0n) is 14.2. The highest BCUT2D eigenvalue weighted by molar-refractivity contribution is 6.30. The molecule has 0 aliphatic carbocycles. The fourth-order valence-corrected chi connectivity index (χ4v) is 2.74. The van der Waals surface area contributed by atoms with Gasteiger partial charge in [-0.25, -0.2) is 10.9 Å². The van der Waals surface area contributed by atoms with Crippen LogP contribution in [0.3, 0.4) is 0 Å². The number of amides is 1. The van der Waals surface area contributed by atoms with Gasteiger partial charge in [0.05, 0.1) is 0 Å². The van der Waals surface area contributed by atoms with E-state index in [1.165, 1.54) is 11.1 Å². The lowest BCUT2D eigenvalue weighted by molar-refractivity contribution is -0.123. The molecule has 2 aromatic rings. The molecule has 0 saturated carbocycles. The van der Waals surface area contributed by atoms with Crippen molar-refractivity contribution in [2.75, 3.05) is 5.32 Å². The van der Waals surface area contributed by atoms with Crippen LogP contribution in [0.1, 0.15) is 16.7 Å². The Morgan fingerprint density at radius 3 is 2.56 bits per heavy atom. The molecule has 2 atom stereocenters. The Balaban J connectivity index is 1.59. The van der Waals surface area contributed by atoms with Crippen molar-refractivity contribution in [3.8, 4) is 0 Å². The summed E-state index contributed by atoms with van der Waals surface area (Å²) in [6, 6.07) is 13.1. The number of benzene rings is 2. The van der Waals surface area contributed by atoms with E-state index in [-0.39, 0.29) is 12.1 Å². The second-order valence-corrected chi connectivity index (χ2v) is 6.59. The zero-order chi connectivity index (χ0) is 17.8. The molecule has 0 spiro atoms. The Hall–Kier alpha value is -2.12. The summed E-state index contributed by atoms with van der Waals surface area (Å²) < 4.78 is 0. The largest absolute Gasteiger partial charge is 0.367 e. The van der Waals surface area contributed by atoms with Crippen LogP contribution in [-0.2, 0) is 11.3 Å². The summed E-state index contributed by atoms with van der Waals surface area (Å²) in [4.78, 5) is 12.5. The maximum atomic E-state index is 12.5. The van der Waals surface area contributed by atoms with Crippen molar-refractivity contribution >= 4 is 23.2 Å². The molecule has 1 saturated heterocycles. The van der Waals surface area contributed by atoms with Gasteiger partial charge in [-0.2, -0.15) is 5.53 Å². The van der Waals surface area contributed by atoms with Gasteiger partial charge < -0.3 is 10.6 Å². The maximum absolute atomic E-state index is 12.5. The first-order valence-electron chi connectivity index (χ1n) is 8.15. The second-order valence-electron chi connectivity index (χ2n) is 6.16. The second kappa shape index (κ2) is 7.84. The molecule has 2 unspecified atom stereocenters. The molecule has 1 aliphatic rings. The van der Waals surface area contributed by atoms with Crippen LogP contribution in [0.4, 0.5) is 5.69 Å². The van der Waals surface area contributed by atoms with Gasteiger partial charge in [0, 0.05) is 17.3 Å². The van der Waals surface area contributed by atoms with Crippen LogP contribution in [0, 0.1) is 13.8 Å². The molecule has 0 aromatic heterocycles. The fraction of sp³-hybridized carbons (Fsp3) is 0.278. The number of carbonyl (C=O) groups is 1. The first-order valence-corrected chi connectivity index (χ1v) is 8.53. The van der Waals surface area contributed by atoms with Crippen LogP contribution in [0.5, 0.6) is 0 Å². The highest BCUT2D eigenvalue weighted by Gasteiger charge is 2.32. The zero-order valence-corrected chi connectivity index (χ0v) is 14.9. The molecule has 7 heteroatoms. The molecule has 132 valence electrons. The Morgan fingerprint density at radius 2 is 1.84 bits per heavy atom. The minimum Gasteiger partial charge on any atom is -0.367 e. The van der Waals surface area contributed by atoms with E-state index in [0.717, 1.165) is 11.3 Å². The molecule has 25 heavy (non-hydrogen) atoms. The Labute approximate surface area is 152 Å². The van der Waals surface area contributed by atoms with E-state index in [2.05, 4.69) is 53.0 Å². The molecule has 5 N–H and O–H groups in total. The predicted molar refractivity (Wildman–Crippen MR) is 99.8 cm³/mol. The minimum atomic E-state index is -0.450. The van der Waals surface area contributed by atoms with Gasteiger partial charge >= 0.3 is 0 Å². The van der Waals surface area contributed by atoms with E-state index in [9.17, 15) is 4.79 Å². The van der Waals surface area contributed by atoms with Crippen molar-refractivity contribution in [3.63, 3.8) is 0 Å². The van der Waals surface area contributed by atoms with Crippen LogP contribution in [0.2, 0.25) is 5.02 Å². The maximum Gasteiger partial charge on any atom is 0.242 e. The van der Waals surface area contributed by atoms with Crippen LogP contribution in [0.25, 0.3) is 0 Å². The summed E-state index contributed by atoms with van der Waals surface area (Å²) in [5, 5.41) is 6.94. The third-order valence-corrected chi connectivity index (χ3v) is 4.53. The van der Waals surface area contributed by atoms with Crippen molar-refractivity contribution in [1.29, 1.82) is 0 Å². The number of aryl methyl sites for hydroxylation is 2. The summed E-state index contributed by atoms with van der Waals surface area (Å²) in [5.74, 6) is -0.103. The Bertz CT molecular complexity index is 750. The number of rotatable bonds is 5. The fourth-order valence-electron chi connectivity index (χ4n) is 2.61. The molecule has 2 aromatic carbocycles.